The topological polar surface area (TPSA) is 119 Å². The third kappa shape index (κ3) is 4.13. The van der Waals surface area contributed by atoms with Crippen LogP contribution in [0.1, 0.15) is 6.42 Å². The van der Waals surface area contributed by atoms with Crippen molar-refractivity contribution >= 4 is 27.4 Å². The number of carboxylic acid groups (broad SMARTS) is 1. The molecule has 0 atom stereocenters. The van der Waals surface area contributed by atoms with Crippen LogP contribution in [0.25, 0.3) is 0 Å². The molecule has 4 N–H and O–H groups in total. The first-order valence-corrected chi connectivity index (χ1v) is 6.65. The fraction of sp³-hybridized carbons (Fsp3) is 0.300. The summed E-state index contributed by atoms with van der Waals surface area (Å²) in [4.78, 5) is 10.3. The Labute approximate surface area is 105 Å². The number of nitrogens with two attached hydrogens (primary N) is 1. The van der Waals surface area contributed by atoms with Gasteiger partial charge in [-0.25, -0.2) is 8.42 Å². The lowest BCUT2D eigenvalue weighted by molar-refractivity contribution is -0.136. The molecular weight excluding hydrogens is 260 g/mol. The lowest BCUT2D eigenvalue weighted by Gasteiger charge is -2.11. The number of anilines is 2. The van der Waals surface area contributed by atoms with E-state index in [1.807, 2.05) is 0 Å². The third-order valence-electron chi connectivity index (χ3n) is 2.11. The second kappa shape index (κ2) is 5.58. The number of carbonyl (C=O) groups is 1. The summed E-state index contributed by atoms with van der Waals surface area (Å²) in [6.45, 7) is 0. The van der Waals surface area contributed by atoms with E-state index in [4.69, 9.17) is 15.6 Å². The molecule has 0 aliphatic heterocycles. The van der Waals surface area contributed by atoms with Gasteiger partial charge in [0.1, 0.15) is 5.75 Å². The molecule has 0 spiro atoms. The fourth-order valence-electron chi connectivity index (χ4n) is 1.19. The lowest BCUT2D eigenvalue weighted by atomic mass is 10.2. The van der Waals surface area contributed by atoms with Crippen LogP contribution >= 0.6 is 0 Å². The van der Waals surface area contributed by atoms with Gasteiger partial charge in [-0.15, -0.1) is 0 Å². The SMILES string of the molecule is COc1ccc(N)c(NS(=O)(=O)CCC(=O)O)c1. The number of carboxylic acids is 1. The highest BCUT2D eigenvalue weighted by molar-refractivity contribution is 7.92. The highest BCUT2D eigenvalue weighted by atomic mass is 32.2. The Kier molecular flexibility index (Phi) is 4.38. The van der Waals surface area contributed by atoms with Gasteiger partial charge >= 0.3 is 5.97 Å². The molecule has 0 radical (unpaired) electrons. The Morgan fingerprint density at radius 1 is 1.50 bits per heavy atom. The Morgan fingerprint density at radius 3 is 2.72 bits per heavy atom. The summed E-state index contributed by atoms with van der Waals surface area (Å²) in [5, 5.41) is 8.44. The number of methoxy groups -OCH3 is 1. The maximum Gasteiger partial charge on any atom is 0.304 e. The molecule has 0 fully saturated rings. The minimum atomic E-state index is -3.74. The van der Waals surface area contributed by atoms with Crippen molar-refractivity contribution in [3.63, 3.8) is 0 Å². The Bertz CT molecular complexity index is 541. The molecule has 0 unspecified atom stereocenters. The van der Waals surface area contributed by atoms with Gasteiger partial charge in [-0.3, -0.25) is 9.52 Å². The Morgan fingerprint density at radius 2 is 2.17 bits per heavy atom. The fourth-order valence-corrected chi connectivity index (χ4v) is 2.25. The molecule has 18 heavy (non-hydrogen) atoms. The van der Waals surface area contributed by atoms with Crippen LogP contribution in [0.3, 0.4) is 0 Å². The second-order valence-corrected chi connectivity index (χ2v) is 5.36. The zero-order valence-electron chi connectivity index (χ0n) is 9.71. The van der Waals surface area contributed by atoms with E-state index in [2.05, 4.69) is 4.72 Å². The maximum absolute atomic E-state index is 11.6. The van der Waals surface area contributed by atoms with Crippen molar-refractivity contribution < 1.29 is 23.1 Å². The molecule has 0 aromatic heterocycles. The Balaban J connectivity index is 2.86. The number of rotatable bonds is 6. The lowest BCUT2D eigenvalue weighted by Crippen LogP contribution is -2.19. The molecule has 0 heterocycles. The molecule has 0 saturated heterocycles. The van der Waals surface area contributed by atoms with Gasteiger partial charge in [0.2, 0.25) is 10.0 Å². The molecule has 1 aromatic rings. The minimum Gasteiger partial charge on any atom is -0.497 e. The largest absolute Gasteiger partial charge is 0.497 e. The summed E-state index contributed by atoms with van der Waals surface area (Å²) in [5.41, 5.74) is 6.01. The molecule has 0 aliphatic carbocycles. The van der Waals surface area contributed by atoms with Gasteiger partial charge in [-0.2, -0.15) is 0 Å². The number of sulfonamides is 1. The van der Waals surface area contributed by atoms with Crippen molar-refractivity contribution in [2.75, 3.05) is 23.3 Å². The molecule has 0 saturated carbocycles. The van der Waals surface area contributed by atoms with Crippen molar-refractivity contribution in [2.45, 2.75) is 6.42 Å². The van der Waals surface area contributed by atoms with Crippen LogP contribution in [-0.4, -0.2) is 32.4 Å². The van der Waals surface area contributed by atoms with E-state index >= 15 is 0 Å². The molecule has 0 bridgehead atoms. The summed E-state index contributed by atoms with van der Waals surface area (Å²) in [6, 6.07) is 4.51. The zero-order chi connectivity index (χ0) is 13.8. The molecule has 7 nitrogen and oxygen atoms in total. The van der Waals surface area contributed by atoms with Crippen LogP contribution in [0, 0.1) is 0 Å². The van der Waals surface area contributed by atoms with Crippen LogP contribution in [-0.2, 0) is 14.8 Å². The minimum absolute atomic E-state index is 0.166. The van der Waals surface area contributed by atoms with E-state index in [9.17, 15) is 13.2 Å². The molecule has 100 valence electrons. The van der Waals surface area contributed by atoms with E-state index < -0.39 is 28.2 Å². The average Bonchev–Trinajstić information content (AvgIpc) is 2.29. The van der Waals surface area contributed by atoms with Crippen LogP contribution in [0.5, 0.6) is 5.75 Å². The van der Waals surface area contributed by atoms with Gasteiger partial charge in [0.15, 0.2) is 0 Å². The first-order chi connectivity index (χ1) is 8.34. The summed E-state index contributed by atoms with van der Waals surface area (Å²) >= 11 is 0. The molecular formula is C10H14N2O5S. The average molecular weight is 274 g/mol. The number of hydrogen-bond acceptors (Lipinski definition) is 5. The number of hydrogen-bond donors (Lipinski definition) is 3. The van der Waals surface area contributed by atoms with E-state index in [-0.39, 0.29) is 11.4 Å². The van der Waals surface area contributed by atoms with Crippen LogP contribution in [0.2, 0.25) is 0 Å². The van der Waals surface area contributed by atoms with Crippen LogP contribution in [0.4, 0.5) is 11.4 Å². The first-order valence-electron chi connectivity index (χ1n) is 5.00. The normalized spacial score (nSPS) is 10.9. The van der Waals surface area contributed by atoms with Crippen LogP contribution in [0.15, 0.2) is 18.2 Å². The number of nitrogen functional groups attached to an aromatic ring is 1. The van der Waals surface area contributed by atoms with E-state index in [1.165, 1.54) is 19.2 Å². The van der Waals surface area contributed by atoms with E-state index in [0.29, 0.717) is 5.75 Å². The van der Waals surface area contributed by atoms with Crippen molar-refractivity contribution in [3.05, 3.63) is 18.2 Å². The smallest absolute Gasteiger partial charge is 0.304 e. The van der Waals surface area contributed by atoms with Gasteiger partial charge in [0.25, 0.3) is 0 Å². The monoisotopic (exact) mass is 274 g/mol. The van der Waals surface area contributed by atoms with Gasteiger partial charge in [-0.1, -0.05) is 0 Å². The zero-order valence-corrected chi connectivity index (χ0v) is 10.5. The molecule has 0 amide bonds. The predicted octanol–water partition coefficient (Wildman–Crippen LogP) is 0.494. The maximum atomic E-state index is 11.6. The predicted molar refractivity (Wildman–Crippen MR) is 67.1 cm³/mol. The van der Waals surface area contributed by atoms with Gasteiger partial charge < -0.3 is 15.6 Å². The summed E-state index contributed by atoms with van der Waals surface area (Å²) < 4.78 is 30.3. The van der Waals surface area contributed by atoms with Gasteiger partial charge in [0.05, 0.1) is 30.7 Å². The van der Waals surface area contributed by atoms with Gasteiger partial charge in [0, 0.05) is 6.07 Å². The van der Waals surface area contributed by atoms with Crippen molar-refractivity contribution in [1.29, 1.82) is 0 Å². The molecule has 1 rings (SSSR count). The number of benzene rings is 1. The highest BCUT2D eigenvalue weighted by Crippen LogP contribution is 2.25. The van der Waals surface area contributed by atoms with Gasteiger partial charge in [-0.05, 0) is 12.1 Å². The van der Waals surface area contributed by atoms with E-state index in [0.717, 1.165) is 0 Å². The molecule has 0 aliphatic rings. The number of nitrogens with one attached hydrogen (secondary N) is 1. The summed E-state index contributed by atoms with van der Waals surface area (Å²) in [6.07, 6.45) is -0.473. The Hall–Kier alpha value is -1.96. The van der Waals surface area contributed by atoms with E-state index in [1.54, 1.807) is 6.07 Å². The molecule has 8 heteroatoms. The summed E-state index contributed by atoms with van der Waals surface area (Å²) in [7, 11) is -2.30. The third-order valence-corrected chi connectivity index (χ3v) is 3.38. The van der Waals surface area contributed by atoms with Crippen molar-refractivity contribution in [3.8, 4) is 5.75 Å². The standard InChI is InChI=1S/C10H14N2O5S/c1-17-7-2-3-8(11)9(6-7)12-18(15,16)5-4-10(13)14/h2-3,6,12H,4-5,11H2,1H3,(H,13,14). The van der Waals surface area contributed by atoms with Crippen LogP contribution < -0.4 is 15.2 Å². The first kappa shape index (κ1) is 14.1. The van der Waals surface area contributed by atoms with Crippen molar-refractivity contribution in [1.82, 2.24) is 0 Å². The highest BCUT2D eigenvalue weighted by Gasteiger charge is 2.14. The number of ether oxygens (including phenoxy) is 1. The molecule has 1 aromatic carbocycles. The summed E-state index contributed by atoms with van der Waals surface area (Å²) in [5.74, 6) is -1.25. The quantitative estimate of drug-likeness (QED) is 0.650. The van der Waals surface area contributed by atoms with Crippen molar-refractivity contribution in [2.24, 2.45) is 0 Å². The number of aliphatic carboxylic acids is 1. The second-order valence-electron chi connectivity index (χ2n) is 3.52.